The third kappa shape index (κ3) is 7.41. The Labute approximate surface area is 187 Å². The number of hydrogen-bond acceptors (Lipinski definition) is 6. The maximum absolute atomic E-state index is 10.9. The fraction of sp³-hybridized carbons (Fsp3) is 0.286. The molecule has 0 radical (unpaired) electrons. The molecule has 1 aliphatic rings. The zero-order valence-electron chi connectivity index (χ0n) is 14.0. The Morgan fingerprint density at radius 3 is 1.75 bits per heavy atom. The predicted octanol–water partition coefficient (Wildman–Crippen LogP) is -4.35. The molecule has 0 aliphatic heterocycles. The molecule has 0 N–H and O–H groups in total. The van der Waals surface area contributed by atoms with Crippen molar-refractivity contribution in [3.05, 3.63) is 54.6 Å². The maximum Gasteiger partial charge on any atom is 1.00 e. The van der Waals surface area contributed by atoms with Gasteiger partial charge in [-0.3, -0.25) is 0 Å². The molecule has 0 saturated carbocycles. The van der Waals surface area contributed by atoms with Crippen LogP contribution in [-0.4, -0.2) is 30.7 Å². The summed E-state index contributed by atoms with van der Waals surface area (Å²) in [4.78, 5) is -0.185. The van der Waals surface area contributed by atoms with E-state index in [1.54, 1.807) is 31.2 Å². The van der Waals surface area contributed by atoms with Crippen molar-refractivity contribution < 1.29 is 85.1 Å². The third-order valence-corrected chi connectivity index (χ3v) is 5.85. The monoisotopic (exact) mass is 390 g/mol. The number of hydrogen-bond donors (Lipinski definition) is 0. The Kier molecular flexibility index (Phi) is 11.8. The van der Waals surface area contributed by atoms with Crippen molar-refractivity contribution in [3.63, 3.8) is 0 Å². The quantitative estimate of drug-likeness (QED) is 0.373. The Morgan fingerprint density at radius 2 is 1.46 bits per heavy atom. The summed E-state index contributed by atoms with van der Waals surface area (Å²) in [5.74, 6) is -0.259. The Balaban J connectivity index is 0. The summed E-state index contributed by atoms with van der Waals surface area (Å²) in [6.07, 6.45) is 6.50. The molecule has 6 nitrogen and oxygen atoms in total. The van der Waals surface area contributed by atoms with Gasteiger partial charge in [0.1, 0.15) is 20.2 Å². The summed E-state index contributed by atoms with van der Waals surface area (Å²) in [6.45, 7) is 3.16. The first-order chi connectivity index (χ1) is 9.98. The van der Waals surface area contributed by atoms with Crippen LogP contribution in [0, 0.1) is 5.92 Å². The zero-order chi connectivity index (χ0) is 17.0. The molecular weight excluding hydrogens is 374 g/mol. The van der Waals surface area contributed by atoms with E-state index >= 15 is 0 Å². The molecule has 0 fully saturated rings. The van der Waals surface area contributed by atoms with Gasteiger partial charge in [-0.15, -0.1) is 0 Å². The van der Waals surface area contributed by atoms with Gasteiger partial charge in [-0.25, -0.2) is 16.8 Å². The molecule has 2 rings (SSSR count). The van der Waals surface area contributed by atoms with E-state index in [-0.39, 0.29) is 69.9 Å². The van der Waals surface area contributed by atoms with Crippen LogP contribution in [0.5, 0.6) is 0 Å². The second-order valence-electron chi connectivity index (χ2n) is 4.94. The van der Waals surface area contributed by atoms with Gasteiger partial charge >= 0.3 is 59.1 Å². The summed E-state index contributed by atoms with van der Waals surface area (Å²) >= 11 is 0. The Bertz CT molecular complexity index is 773. The summed E-state index contributed by atoms with van der Waals surface area (Å²) in [7, 11) is -8.52. The average molecular weight is 390 g/mol. The normalized spacial score (nSPS) is 22.4. The SMILES string of the molecule is CC1C=CC=CC1(C)S(=O)(=O)[O-].O=S(=O)([O-])c1ccccc1.[Na+].[Na+]. The van der Waals surface area contributed by atoms with Crippen LogP contribution in [-0.2, 0) is 20.2 Å². The van der Waals surface area contributed by atoms with Gasteiger partial charge in [0.05, 0.1) is 9.64 Å². The molecule has 0 saturated heterocycles. The zero-order valence-corrected chi connectivity index (χ0v) is 19.7. The first kappa shape index (κ1) is 26.7. The molecular formula is C14H16Na2O6S2. The molecule has 2 atom stereocenters. The molecule has 1 aromatic rings. The van der Waals surface area contributed by atoms with E-state index in [1.807, 2.05) is 0 Å². The number of benzene rings is 1. The van der Waals surface area contributed by atoms with Crippen molar-refractivity contribution in [2.75, 3.05) is 0 Å². The van der Waals surface area contributed by atoms with Crippen LogP contribution in [0.3, 0.4) is 0 Å². The predicted molar refractivity (Wildman–Crippen MR) is 80.0 cm³/mol. The van der Waals surface area contributed by atoms with E-state index in [2.05, 4.69) is 0 Å². The van der Waals surface area contributed by atoms with Gasteiger partial charge in [-0.05, 0) is 25.0 Å². The first-order valence-corrected chi connectivity index (χ1v) is 9.12. The summed E-state index contributed by atoms with van der Waals surface area (Å²) < 4.78 is 62.2. The van der Waals surface area contributed by atoms with Crippen LogP contribution in [0.2, 0.25) is 0 Å². The van der Waals surface area contributed by atoms with Crippen LogP contribution in [0.4, 0.5) is 0 Å². The molecule has 0 spiro atoms. The standard InChI is InChI=1S/C8H12O3S.C6H6O3S.2Na/c1-7-5-3-4-6-8(7,2)12(9,10)11;7-10(8,9)6-4-2-1-3-5-6;;/h3-7H,1-2H3,(H,9,10,11);1-5H,(H,7,8,9);;/q;;2*+1/p-2. The first-order valence-electron chi connectivity index (χ1n) is 6.31. The van der Waals surface area contributed by atoms with Crippen LogP contribution >= 0.6 is 0 Å². The van der Waals surface area contributed by atoms with E-state index in [0.717, 1.165) is 0 Å². The largest absolute Gasteiger partial charge is 1.00 e. The molecule has 0 heterocycles. The molecule has 24 heavy (non-hydrogen) atoms. The smallest absolute Gasteiger partial charge is 0.747 e. The molecule has 0 amide bonds. The molecule has 122 valence electrons. The van der Waals surface area contributed by atoms with Gasteiger partial charge in [-0.1, -0.05) is 49.4 Å². The summed E-state index contributed by atoms with van der Waals surface area (Å²) in [5.41, 5.74) is 0. The van der Waals surface area contributed by atoms with Gasteiger partial charge in [0.15, 0.2) is 0 Å². The average Bonchev–Trinajstić information content (AvgIpc) is 2.42. The van der Waals surface area contributed by atoms with Crippen molar-refractivity contribution >= 4 is 20.2 Å². The molecule has 2 unspecified atom stereocenters. The van der Waals surface area contributed by atoms with E-state index in [4.69, 9.17) is 0 Å². The third-order valence-electron chi connectivity index (χ3n) is 3.41. The summed E-state index contributed by atoms with van der Waals surface area (Å²) in [5, 5.41) is 0. The molecule has 0 aromatic heterocycles. The second kappa shape index (κ2) is 10.6. The van der Waals surface area contributed by atoms with Crippen LogP contribution < -0.4 is 59.1 Å². The number of allylic oxidation sites excluding steroid dienone is 3. The van der Waals surface area contributed by atoms with Crippen molar-refractivity contribution in [1.29, 1.82) is 0 Å². The van der Waals surface area contributed by atoms with Crippen molar-refractivity contribution in [2.45, 2.75) is 23.5 Å². The topological polar surface area (TPSA) is 114 Å². The van der Waals surface area contributed by atoms with Crippen molar-refractivity contribution in [3.8, 4) is 0 Å². The van der Waals surface area contributed by atoms with Gasteiger partial charge in [-0.2, -0.15) is 0 Å². The minimum Gasteiger partial charge on any atom is -0.747 e. The van der Waals surface area contributed by atoms with Crippen molar-refractivity contribution in [1.82, 2.24) is 0 Å². The Morgan fingerprint density at radius 1 is 0.958 bits per heavy atom. The van der Waals surface area contributed by atoms with Crippen LogP contribution in [0.25, 0.3) is 0 Å². The van der Waals surface area contributed by atoms with Crippen molar-refractivity contribution in [2.24, 2.45) is 5.92 Å². The number of rotatable bonds is 2. The fourth-order valence-corrected chi connectivity index (χ4v) is 2.99. The molecule has 1 aliphatic carbocycles. The van der Waals surface area contributed by atoms with E-state index < -0.39 is 25.0 Å². The maximum atomic E-state index is 10.9. The van der Waals surface area contributed by atoms with Crippen LogP contribution in [0.1, 0.15) is 13.8 Å². The molecule has 0 bridgehead atoms. The fourth-order valence-electron chi connectivity index (χ4n) is 1.72. The van der Waals surface area contributed by atoms with E-state index in [9.17, 15) is 25.9 Å². The van der Waals surface area contributed by atoms with Crippen LogP contribution in [0.15, 0.2) is 59.5 Å². The minimum absolute atomic E-state index is 0. The van der Waals surface area contributed by atoms with Gasteiger partial charge in [0, 0.05) is 0 Å². The Hall–Kier alpha value is 0.520. The van der Waals surface area contributed by atoms with E-state index in [0.29, 0.717) is 0 Å². The van der Waals surface area contributed by atoms with Gasteiger partial charge in [0.25, 0.3) is 0 Å². The van der Waals surface area contributed by atoms with Gasteiger partial charge < -0.3 is 9.11 Å². The second-order valence-corrected chi connectivity index (χ2v) is 8.11. The minimum atomic E-state index is -4.26. The van der Waals surface area contributed by atoms with E-state index in [1.165, 1.54) is 37.3 Å². The molecule has 10 heteroatoms. The van der Waals surface area contributed by atoms with Gasteiger partial charge in [0.2, 0.25) is 0 Å². The molecule has 1 aromatic carbocycles. The summed E-state index contributed by atoms with van der Waals surface area (Å²) in [6, 6.07) is 7.19.